The van der Waals surface area contributed by atoms with Crippen LogP contribution in [0.3, 0.4) is 0 Å². The van der Waals surface area contributed by atoms with Crippen molar-refractivity contribution in [3.63, 3.8) is 0 Å². The fourth-order valence-electron chi connectivity index (χ4n) is 3.07. The Balaban J connectivity index is 1.86. The van der Waals surface area contributed by atoms with E-state index in [0.29, 0.717) is 11.5 Å². The third-order valence-corrected chi connectivity index (χ3v) is 4.35. The Labute approximate surface area is 132 Å². The second kappa shape index (κ2) is 8.40. The van der Waals surface area contributed by atoms with Gasteiger partial charge < -0.3 is 0 Å². The summed E-state index contributed by atoms with van der Waals surface area (Å²) in [6, 6.07) is 6.27. The Bertz CT molecular complexity index is 619. The molecule has 1 aliphatic rings. The number of hydrogen-bond acceptors (Lipinski definition) is 1. The van der Waals surface area contributed by atoms with E-state index in [1.807, 2.05) is 12.1 Å². The third kappa shape index (κ3) is 4.74. The lowest BCUT2D eigenvalue weighted by atomic mass is 9.80. The van der Waals surface area contributed by atoms with Crippen molar-refractivity contribution in [3.8, 4) is 17.9 Å². The third-order valence-electron chi connectivity index (χ3n) is 4.35. The molecule has 2 rings (SSSR count). The molecule has 2 heteroatoms. The number of nitriles is 1. The zero-order valence-electron chi connectivity index (χ0n) is 13.1. The summed E-state index contributed by atoms with van der Waals surface area (Å²) in [7, 11) is 0. The first-order chi connectivity index (χ1) is 10.7. The Morgan fingerprint density at radius 1 is 1.27 bits per heavy atom. The van der Waals surface area contributed by atoms with Gasteiger partial charge in [0.1, 0.15) is 11.9 Å². The van der Waals surface area contributed by atoms with Crippen LogP contribution in [0.1, 0.15) is 56.6 Å². The number of allylic oxidation sites excluding steroid dienone is 2. The molecule has 1 saturated carbocycles. The topological polar surface area (TPSA) is 23.8 Å². The van der Waals surface area contributed by atoms with Crippen LogP contribution in [0.15, 0.2) is 30.4 Å². The molecule has 0 heterocycles. The van der Waals surface area contributed by atoms with Gasteiger partial charge in [-0.25, -0.2) is 4.39 Å². The van der Waals surface area contributed by atoms with Crippen molar-refractivity contribution in [3.05, 3.63) is 47.3 Å². The van der Waals surface area contributed by atoms with Gasteiger partial charge in [0.05, 0.1) is 5.56 Å². The first-order valence-electron chi connectivity index (χ1n) is 8.10. The molecule has 0 bridgehead atoms. The number of benzene rings is 1. The Kier molecular flexibility index (Phi) is 6.23. The highest BCUT2D eigenvalue weighted by Gasteiger charge is 2.18. The van der Waals surface area contributed by atoms with E-state index in [1.54, 1.807) is 6.07 Å². The van der Waals surface area contributed by atoms with Gasteiger partial charge >= 0.3 is 0 Å². The largest absolute Gasteiger partial charge is 0.206 e. The lowest BCUT2D eigenvalue weighted by molar-refractivity contribution is 0.294. The van der Waals surface area contributed by atoms with Gasteiger partial charge in [-0.3, -0.25) is 0 Å². The molecule has 0 aromatic heterocycles. The van der Waals surface area contributed by atoms with Gasteiger partial charge in [0.15, 0.2) is 0 Å². The average Bonchev–Trinajstić information content (AvgIpc) is 2.53. The van der Waals surface area contributed by atoms with Crippen LogP contribution in [0.5, 0.6) is 0 Å². The minimum absolute atomic E-state index is 0.0601. The summed E-state index contributed by atoms with van der Waals surface area (Å²) in [5.41, 5.74) is 0.665. The second-order valence-corrected chi connectivity index (χ2v) is 6.00. The van der Waals surface area contributed by atoms with Gasteiger partial charge in [0.25, 0.3) is 0 Å². The number of rotatable bonds is 3. The first kappa shape index (κ1) is 16.3. The molecule has 1 nitrogen and oxygen atoms in total. The minimum Gasteiger partial charge on any atom is -0.206 e. The summed E-state index contributed by atoms with van der Waals surface area (Å²) >= 11 is 0. The quantitative estimate of drug-likeness (QED) is 0.702. The normalized spacial score (nSPS) is 21.1. The molecular weight excluding hydrogens is 273 g/mol. The first-order valence-corrected chi connectivity index (χ1v) is 8.10. The predicted molar refractivity (Wildman–Crippen MR) is 87.5 cm³/mol. The van der Waals surface area contributed by atoms with E-state index >= 15 is 0 Å². The molecule has 0 saturated heterocycles. The Morgan fingerprint density at radius 3 is 2.68 bits per heavy atom. The number of halogens is 1. The SMILES string of the molecule is CCC[C@H]1CC[C@H](/C=C/C#Cc2ccc(C#N)c(F)c2)CC1. The van der Waals surface area contributed by atoms with Crippen molar-refractivity contribution < 1.29 is 4.39 Å². The molecule has 114 valence electrons. The summed E-state index contributed by atoms with van der Waals surface area (Å²) in [6.07, 6.45) is 11.9. The van der Waals surface area contributed by atoms with Crippen LogP contribution >= 0.6 is 0 Å². The van der Waals surface area contributed by atoms with E-state index in [4.69, 9.17) is 5.26 Å². The van der Waals surface area contributed by atoms with Crippen molar-refractivity contribution in [2.45, 2.75) is 45.4 Å². The van der Waals surface area contributed by atoms with Crippen LogP contribution < -0.4 is 0 Å². The van der Waals surface area contributed by atoms with Crippen LogP contribution in [-0.4, -0.2) is 0 Å². The van der Waals surface area contributed by atoms with Gasteiger partial charge in [0, 0.05) is 5.56 Å². The van der Waals surface area contributed by atoms with Crippen molar-refractivity contribution in [1.82, 2.24) is 0 Å². The molecule has 22 heavy (non-hydrogen) atoms. The molecule has 0 spiro atoms. The van der Waals surface area contributed by atoms with Crippen LogP contribution in [0.2, 0.25) is 0 Å². The van der Waals surface area contributed by atoms with Crippen LogP contribution in [0, 0.1) is 40.8 Å². The molecule has 1 aromatic rings. The molecule has 1 aliphatic carbocycles. The number of nitrogens with zero attached hydrogens (tertiary/aromatic N) is 1. The van der Waals surface area contributed by atoms with Gasteiger partial charge in [-0.05, 0) is 61.8 Å². The van der Waals surface area contributed by atoms with E-state index in [0.717, 1.165) is 5.92 Å². The molecule has 1 fully saturated rings. The van der Waals surface area contributed by atoms with E-state index in [9.17, 15) is 4.39 Å². The average molecular weight is 295 g/mol. The summed E-state index contributed by atoms with van der Waals surface area (Å²) < 4.78 is 13.4. The van der Waals surface area contributed by atoms with E-state index in [1.165, 1.54) is 50.7 Å². The monoisotopic (exact) mass is 295 g/mol. The molecule has 0 amide bonds. The maximum Gasteiger partial charge on any atom is 0.142 e. The molecular formula is C20H22FN. The van der Waals surface area contributed by atoms with E-state index in [2.05, 4.69) is 24.8 Å². The summed E-state index contributed by atoms with van der Waals surface area (Å²) in [4.78, 5) is 0. The second-order valence-electron chi connectivity index (χ2n) is 6.00. The predicted octanol–water partition coefficient (Wildman–Crippen LogP) is 5.21. The molecule has 0 radical (unpaired) electrons. The highest BCUT2D eigenvalue weighted by atomic mass is 19.1. The van der Waals surface area contributed by atoms with Gasteiger partial charge in [0.2, 0.25) is 0 Å². The standard InChI is InChI=1S/C20H22FN/c1-2-5-16-8-10-17(11-9-16)6-3-4-7-18-12-13-19(15-22)20(21)14-18/h3,6,12-14,16-17H,2,5,8-11H2,1H3/b6-3+/t16-,17-. The summed E-state index contributed by atoms with van der Waals surface area (Å²) in [5.74, 6) is 6.94. The highest BCUT2D eigenvalue weighted by molar-refractivity contribution is 5.42. The molecule has 1 aromatic carbocycles. The zero-order valence-corrected chi connectivity index (χ0v) is 13.1. The van der Waals surface area contributed by atoms with E-state index in [-0.39, 0.29) is 5.56 Å². The van der Waals surface area contributed by atoms with Crippen molar-refractivity contribution in [2.75, 3.05) is 0 Å². The molecule has 0 unspecified atom stereocenters. The molecule has 0 N–H and O–H groups in total. The van der Waals surface area contributed by atoms with Gasteiger partial charge in [-0.1, -0.05) is 37.7 Å². The molecule has 0 aliphatic heterocycles. The number of hydrogen-bond donors (Lipinski definition) is 0. The summed E-state index contributed by atoms with van der Waals surface area (Å²) in [5, 5.41) is 8.68. The maximum atomic E-state index is 13.4. The smallest absolute Gasteiger partial charge is 0.142 e. The van der Waals surface area contributed by atoms with E-state index < -0.39 is 5.82 Å². The maximum absolute atomic E-state index is 13.4. The van der Waals surface area contributed by atoms with Crippen LogP contribution in [-0.2, 0) is 0 Å². The Morgan fingerprint density at radius 2 is 2.05 bits per heavy atom. The molecule has 0 atom stereocenters. The van der Waals surface area contributed by atoms with Gasteiger partial charge in [-0.15, -0.1) is 0 Å². The lowest BCUT2D eigenvalue weighted by Crippen LogP contribution is -2.12. The fourth-order valence-corrected chi connectivity index (χ4v) is 3.07. The van der Waals surface area contributed by atoms with Crippen LogP contribution in [0.4, 0.5) is 4.39 Å². The van der Waals surface area contributed by atoms with Crippen molar-refractivity contribution in [2.24, 2.45) is 11.8 Å². The van der Waals surface area contributed by atoms with Gasteiger partial charge in [-0.2, -0.15) is 5.26 Å². The highest BCUT2D eigenvalue weighted by Crippen LogP contribution is 2.31. The fraction of sp³-hybridized carbons (Fsp3) is 0.450. The van der Waals surface area contributed by atoms with Crippen molar-refractivity contribution >= 4 is 0 Å². The summed E-state index contributed by atoms with van der Waals surface area (Å²) in [6.45, 7) is 2.26. The minimum atomic E-state index is -0.507. The zero-order chi connectivity index (χ0) is 15.8. The Hall–Kier alpha value is -2.06. The lowest BCUT2D eigenvalue weighted by Gasteiger charge is -2.26. The van der Waals surface area contributed by atoms with Crippen molar-refractivity contribution in [1.29, 1.82) is 5.26 Å². The van der Waals surface area contributed by atoms with Crippen LogP contribution in [0.25, 0.3) is 0 Å².